The van der Waals surface area contributed by atoms with Crippen molar-refractivity contribution in [3.05, 3.63) is 11.1 Å². The molecule has 1 rings (SSSR count). The summed E-state index contributed by atoms with van der Waals surface area (Å²) in [6, 6.07) is 0. The Balaban J connectivity index is 2.61. The second kappa shape index (κ2) is 2.50. The molecule has 0 amide bonds. The van der Waals surface area contributed by atoms with E-state index >= 15 is 0 Å². The monoisotopic (exact) mass is 128 g/mol. The second-order valence-electron chi connectivity index (χ2n) is 2.53. The molecule has 1 aliphatic rings. The van der Waals surface area contributed by atoms with Gasteiger partial charge in [0.1, 0.15) is 0 Å². The van der Waals surface area contributed by atoms with Gasteiger partial charge in [-0.15, -0.1) is 0 Å². The maximum Gasteiger partial charge on any atom is 0.158 e. The molecule has 0 saturated heterocycles. The molecule has 0 aromatic carbocycles. The summed E-state index contributed by atoms with van der Waals surface area (Å²) in [5, 5.41) is 8.94. The third-order valence-electron chi connectivity index (χ3n) is 1.70. The van der Waals surface area contributed by atoms with Gasteiger partial charge in [-0.1, -0.05) is 5.57 Å². The van der Waals surface area contributed by atoms with Crippen LogP contribution in [0.5, 0.6) is 0 Å². The van der Waals surface area contributed by atoms with E-state index in [0.29, 0.717) is 13.0 Å². The van der Waals surface area contributed by atoms with Gasteiger partial charge in [-0.3, -0.25) is 0 Å². The molecule has 2 nitrogen and oxygen atoms in total. The minimum atomic E-state index is -0.561. The van der Waals surface area contributed by atoms with Crippen LogP contribution in [0.25, 0.3) is 0 Å². The van der Waals surface area contributed by atoms with Crippen molar-refractivity contribution >= 4 is 0 Å². The van der Waals surface area contributed by atoms with E-state index in [1.54, 1.807) is 0 Å². The zero-order valence-electron chi connectivity index (χ0n) is 5.85. The Morgan fingerprint density at radius 1 is 1.44 bits per heavy atom. The Hall–Kier alpha value is -0.340. The van der Waals surface area contributed by atoms with Crippen molar-refractivity contribution in [3.8, 4) is 0 Å². The quantitative estimate of drug-likeness (QED) is 0.494. The SMILES string of the molecule is CC1=C(C)CC(O)OC1. The van der Waals surface area contributed by atoms with Crippen molar-refractivity contribution in [2.75, 3.05) is 6.61 Å². The van der Waals surface area contributed by atoms with E-state index in [4.69, 9.17) is 9.84 Å². The van der Waals surface area contributed by atoms with E-state index in [-0.39, 0.29) is 0 Å². The molecule has 52 valence electrons. The van der Waals surface area contributed by atoms with Gasteiger partial charge in [0, 0.05) is 6.42 Å². The summed E-state index contributed by atoms with van der Waals surface area (Å²) in [5.41, 5.74) is 2.51. The van der Waals surface area contributed by atoms with Crippen LogP contribution in [0, 0.1) is 0 Å². The van der Waals surface area contributed by atoms with Crippen LogP contribution in [0.1, 0.15) is 20.3 Å². The Morgan fingerprint density at radius 2 is 2.11 bits per heavy atom. The van der Waals surface area contributed by atoms with Gasteiger partial charge in [0.25, 0.3) is 0 Å². The number of ether oxygens (including phenoxy) is 1. The van der Waals surface area contributed by atoms with Gasteiger partial charge in [0.05, 0.1) is 6.61 Å². The van der Waals surface area contributed by atoms with E-state index in [1.807, 2.05) is 13.8 Å². The molecule has 1 atom stereocenters. The fourth-order valence-corrected chi connectivity index (χ4v) is 0.839. The lowest BCUT2D eigenvalue weighted by atomic mass is 10.1. The van der Waals surface area contributed by atoms with Crippen LogP contribution < -0.4 is 0 Å². The third-order valence-corrected chi connectivity index (χ3v) is 1.70. The van der Waals surface area contributed by atoms with Crippen LogP contribution in [-0.2, 0) is 4.74 Å². The zero-order chi connectivity index (χ0) is 6.85. The summed E-state index contributed by atoms with van der Waals surface area (Å²) in [4.78, 5) is 0. The fourth-order valence-electron chi connectivity index (χ4n) is 0.839. The maximum absolute atomic E-state index is 8.94. The maximum atomic E-state index is 8.94. The van der Waals surface area contributed by atoms with Crippen LogP contribution in [0.4, 0.5) is 0 Å². The third kappa shape index (κ3) is 1.53. The Bertz CT molecular complexity index is 138. The Labute approximate surface area is 55.1 Å². The smallest absolute Gasteiger partial charge is 0.158 e. The van der Waals surface area contributed by atoms with Crippen molar-refractivity contribution in [3.63, 3.8) is 0 Å². The highest BCUT2D eigenvalue weighted by Gasteiger charge is 2.12. The van der Waals surface area contributed by atoms with Crippen LogP contribution in [0.15, 0.2) is 11.1 Å². The average molecular weight is 128 g/mol. The number of hydrogen-bond acceptors (Lipinski definition) is 2. The first-order valence-corrected chi connectivity index (χ1v) is 3.15. The Kier molecular flexibility index (Phi) is 1.88. The normalized spacial score (nSPS) is 29.0. The van der Waals surface area contributed by atoms with Gasteiger partial charge < -0.3 is 9.84 Å². The molecular formula is C7H12O2. The lowest BCUT2D eigenvalue weighted by molar-refractivity contribution is -0.0966. The largest absolute Gasteiger partial charge is 0.368 e. The first-order valence-electron chi connectivity index (χ1n) is 3.15. The van der Waals surface area contributed by atoms with Crippen molar-refractivity contribution in [1.82, 2.24) is 0 Å². The average Bonchev–Trinajstić information content (AvgIpc) is 1.80. The topological polar surface area (TPSA) is 29.5 Å². The van der Waals surface area contributed by atoms with Crippen LogP contribution >= 0.6 is 0 Å². The number of aliphatic hydroxyl groups is 1. The van der Waals surface area contributed by atoms with Crippen molar-refractivity contribution < 1.29 is 9.84 Å². The molecule has 1 N–H and O–H groups in total. The number of aliphatic hydroxyl groups excluding tert-OH is 1. The van der Waals surface area contributed by atoms with Crippen molar-refractivity contribution in [2.24, 2.45) is 0 Å². The van der Waals surface area contributed by atoms with E-state index in [1.165, 1.54) is 11.1 Å². The minimum Gasteiger partial charge on any atom is -0.368 e. The molecule has 2 heteroatoms. The highest BCUT2D eigenvalue weighted by atomic mass is 16.6. The summed E-state index contributed by atoms with van der Waals surface area (Å²) < 4.78 is 4.96. The summed E-state index contributed by atoms with van der Waals surface area (Å²) in [6.45, 7) is 4.65. The van der Waals surface area contributed by atoms with Gasteiger partial charge in [-0.25, -0.2) is 0 Å². The first-order chi connectivity index (χ1) is 4.20. The van der Waals surface area contributed by atoms with E-state index in [0.717, 1.165) is 0 Å². The van der Waals surface area contributed by atoms with Gasteiger partial charge in [-0.2, -0.15) is 0 Å². The molecule has 0 aliphatic carbocycles. The lowest BCUT2D eigenvalue weighted by Gasteiger charge is -2.20. The van der Waals surface area contributed by atoms with Gasteiger partial charge in [0.2, 0.25) is 0 Å². The highest BCUT2D eigenvalue weighted by molar-refractivity contribution is 5.12. The molecule has 1 heterocycles. The van der Waals surface area contributed by atoms with Crippen LogP contribution in [0.3, 0.4) is 0 Å². The van der Waals surface area contributed by atoms with E-state index in [2.05, 4.69) is 0 Å². The highest BCUT2D eigenvalue weighted by Crippen LogP contribution is 2.17. The van der Waals surface area contributed by atoms with E-state index in [9.17, 15) is 0 Å². The van der Waals surface area contributed by atoms with Crippen LogP contribution in [-0.4, -0.2) is 18.0 Å². The van der Waals surface area contributed by atoms with Crippen molar-refractivity contribution in [1.29, 1.82) is 0 Å². The predicted molar refractivity (Wildman–Crippen MR) is 34.9 cm³/mol. The lowest BCUT2D eigenvalue weighted by Crippen LogP contribution is -2.19. The molecule has 0 fully saturated rings. The van der Waals surface area contributed by atoms with Gasteiger partial charge in [0.15, 0.2) is 6.29 Å². The molecule has 0 bridgehead atoms. The van der Waals surface area contributed by atoms with E-state index < -0.39 is 6.29 Å². The molecule has 0 aromatic rings. The first kappa shape index (κ1) is 6.78. The fraction of sp³-hybridized carbons (Fsp3) is 0.714. The summed E-state index contributed by atoms with van der Waals surface area (Å²) >= 11 is 0. The molecular weight excluding hydrogens is 116 g/mol. The molecule has 0 aromatic heterocycles. The van der Waals surface area contributed by atoms with Crippen molar-refractivity contribution in [2.45, 2.75) is 26.6 Å². The van der Waals surface area contributed by atoms with Gasteiger partial charge >= 0.3 is 0 Å². The molecule has 0 saturated carbocycles. The van der Waals surface area contributed by atoms with Crippen LogP contribution in [0.2, 0.25) is 0 Å². The van der Waals surface area contributed by atoms with Gasteiger partial charge in [-0.05, 0) is 19.4 Å². The molecule has 1 unspecified atom stereocenters. The summed E-state index contributed by atoms with van der Waals surface area (Å²) in [6.07, 6.45) is 0.111. The zero-order valence-corrected chi connectivity index (χ0v) is 5.85. The molecule has 0 spiro atoms. The molecule has 9 heavy (non-hydrogen) atoms. The molecule has 1 aliphatic heterocycles. The second-order valence-corrected chi connectivity index (χ2v) is 2.53. The standard InChI is InChI=1S/C7H12O2/c1-5-3-7(8)9-4-6(5)2/h7-8H,3-4H2,1-2H3. The summed E-state index contributed by atoms with van der Waals surface area (Å²) in [5.74, 6) is 0. The minimum absolute atomic E-state index is 0.561. The Morgan fingerprint density at radius 3 is 2.56 bits per heavy atom. The summed E-state index contributed by atoms with van der Waals surface area (Å²) in [7, 11) is 0. The number of rotatable bonds is 0. The number of hydrogen-bond donors (Lipinski definition) is 1. The predicted octanol–water partition coefficient (Wildman–Crippen LogP) is 1.06. The molecule has 0 radical (unpaired) electrons.